The summed E-state index contributed by atoms with van der Waals surface area (Å²) >= 11 is 0. The van der Waals surface area contributed by atoms with Gasteiger partial charge in [-0.3, -0.25) is 28.5 Å². The van der Waals surface area contributed by atoms with Gasteiger partial charge in [-0.1, -0.05) is 19.8 Å². The number of hydrogen-bond acceptors (Lipinski definition) is 20. The normalized spacial score (nSPS) is 12.6. The monoisotopic (exact) mass is 1140 g/mol. The molecule has 444 valence electrons. The van der Waals surface area contributed by atoms with Crippen molar-refractivity contribution < 1.29 is 102 Å². The lowest BCUT2D eigenvalue weighted by Crippen LogP contribution is -2.34. The van der Waals surface area contributed by atoms with Crippen molar-refractivity contribution in [2.45, 2.75) is 76.7 Å². The first-order chi connectivity index (χ1) is 37.7. The molecule has 1 aromatic heterocycles. The first kappa shape index (κ1) is 67.5. The number of amidine groups is 1. The van der Waals surface area contributed by atoms with Crippen molar-refractivity contribution >= 4 is 45.5 Å². The summed E-state index contributed by atoms with van der Waals surface area (Å²) in [7, 11) is -5.65. The minimum absolute atomic E-state index is 0.0189. The van der Waals surface area contributed by atoms with E-state index in [2.05, 4.69) is 20.1 Å². The van der Waals surface area contributed by atoms with Gasteiger partial charge in [-0.2, -0.15) is 22.3 Å². The number of hydroxylamine groups is 2. The third kappa shape index (κ3) is 27.9. The fraction of sp³-hybridized carbons (Fsp3) is 0.694. The maximum atomic E-state index is 14.0. The van der Waals surface area contributed by atoms with Crippen molar-refractivity contribution in [3.63, 3.8) is 0 Å². The van der Waals surface area contributed by atoms with Crippen LogP contribution in [0.4, 0.5) is 23.2 Å². The number of esters is 1. The molecule has 2 amide bonds. The number of ether oxygens (including phenoxy) is 11. The summed E-state index contributed by atoms with van der Waals surface area (Å²) in [6.07, 6.45) is 7.96. The second kappa shape index (κ2) is 40.4. The highest BCUT2D eigenvalue weighted by atomic mass is 32.2. The SMILES string of the molecule is CCCN(OCC)C(=O)C1=Cc2nn(CCCCCCNC(=O)CCOCCOCCOCCOCCOCCOCCOCCOCCOCCOCCC(=O)Oc3c(F)c(F)c(S(=O)(=O)O)c(F)c3F)cc2N=C(N)C1. The van der Waals surface area contributed by atoms with Crippen LogP contribution in [0.25, 0.3) is 6.08 Å². The number of carbonyl (C=O) groups is 3. The Kier molecular flexibility index (Phi) is 35.0. The summed E-state index contributed by atoms with van der Waals surface area (Å²) in [6.45, 7) is 12.0. The number of aromatic nitrogens is 2. The molecule has 2 heterocycles. The van der Waals surface area contributed by atoms with Gasteiger partial charge in [0, 0.05) is 38.0 Å². The Morgan fingerprint density at radius 1 is 0.667 bits per heavy atom. The first-order valence-electron chi connectivity index (χ1n) is 25.8. The molecule has 24 nitrogen and oxygen atoms in total. The fourth-order valence-corrected chi connectivity index (χ4v) is 7.39. The molecule has 0 saturated carbocycles. The number of carbonyl (C=O) groups excluding carboxylic acids is 3. The summed E-state index contributed by atoms with van der Waals surface area (Å²) in [5.41, 5.74) is 7.87. The molecule has 0 unspecified atom stereocenters. The number of amides is 2. The van der Waals surface area contributed by atoms with Gasteiger partial charge in [0.25, 0.3) is 5.91 Å². The van der Waals surface area contributed by atoms with E-state index >= 15 is 0 Å². The molecule has 0 atom stereocenters. The topological polar surface area (TPSA) is 288 Å². The van der Waals surface area contributed by atoms with Gasteiger partial charge in [0.1, 0.15) is 17.2 Å². The quantitative estimate of drug-likeness (QED) is 0.0161. The molecule has 4 N–H and O–H groups in total. The highest BCUT2D eigenvalue weighted by molar-refractivity contribution is 7.85. The van der Waals surface area contributed by atoms with Crippen LogP contribution in [-0.4, -0.2) is 203 Å². The third-order valence-corrected chi connectivity index (χ3v) is 11.4. The summed E-state index contributed by atoms with van der Waals surface area (Å²) < 4.78 is 147. The highest BCUT2D eigenvalue weighted by Crippen LogP contribution is 2.33. The second-order valence-corrected chi connectivity index (χ2v) is 18.0. The molecule has 0 radical (unpaired) electrons. The average Bonchev–Trinajstić information content (AvgIpc) is 3.72. The number of hydrogen-bond donors (Lipinski definition) is 3. The third-order valence-electron chi connectivity index (χ3n) is 10.5. The van der Waals surface area contributed by atoms with Gasteiger partial charge in [-0.05, 0) is 32.3 Å². The standard InChI is InChI=1S/C49H76F4N6O18S/c1-3-12-59(76-4-2)49(62)37-34-38-39(56-40(54)35-37)36-58(57-38)13-8-6-5-7-11-55-41(60)9-14-66-16-18-68-20-22-70-24-26-72-28-30-74-32-33-75-31-29-73-27-25-71-23-21-69-19-17-67-15-10-42(61)77-47-43(50)45(52)48(78(63,64)65)46(53)44(47)51/h34,36H,3-33,35H2,1-2H3,(H2,54,56)(H,55,60)(H,63,64,65). The van der Waals surface area contributed by atoms with Crippen LogP contribution >= 0.6 is 0 Å². The minimum atomic E-state index is -5.65. The van der Waals surface area contributed by atoms with Crippen LogP contribution in [0.5, 0.6) is 5.75 Å². The zero-order chi connectivity index (χ0) is 56.8. The summed E-state index contributed by atoms with van der Waals surface area (Å²) in [5, 5.41) is 8.95. The van der Waals surface area contributed by atoms with Crippen molar-refractivity contribution in [1.29, 1.82) is 0 Å². The molecular weight excluding hydrogens is 1070 g/mol. The lowest BCUT2D eigenvalue weighted by molar-refractivity contribution is -0.180. The predicted molar refractivity (Wildman–Crippen MR) is 270 cm³/mol. The molecule has 0 saturated heterocycles. The average molecular weight is 1150 g/mol. The first-order valence-corrected chi connectivity index (χ1v) is 27.3. The maximum absolute atomic E-state index is 14.0. The number of rotatable bonds is 47. The lowest BCUT2D eigenvalue weighted by Gasteiger charge is -2.21. The van der Waals surface area contributed by atoms with E-state index < -0.39 is 56.4 Å². The number of nitrogens with zero attached hydrogens (tertiary/aromatic N) is 4. The number of halogens is 4. The number of fused-ring (bicyclic) bond motifs is 1. The van der Waals surface area contributed by atoms with E-state index in [4.69, 9.17) is 62.5 Å². The van der Waals surface area contributed by atoms with Gasteiger partial charge in [0.2, 0.25) is 23.3 Å². The Morgan fingerprint density at radius 2 is 1.12 bits per heavy atom. The highest BCUT2D eigenvalue weighted by Gasteiger charge is 2.34. The molecule has 78 heavy (non-hydrogen) atoms. The molecule has 2 aromatic rings. The van der Waals surface area contributed by atoms with Crippen molar-refractivity contribution in [2.24, 2.45) is 10.7 Å². The van der Waals surface area contributed by atoms with Crippen LogP contribution in [0.1, 0.15) is 70.9 Å². The van der Waals surface area contributed by atoms with Crippen LogP contribution in [-0.2, 0) is 83.3 Å². The number of unbranched alkanes of at least 4 members (excludes halogenated alkanes) is 3. The van der Waals surface area contributed by atoms with Crippen LogP contribution in [0, 0.1) is 23.3 Å². The summed E-state index contributed by atoms with van der Waals surface area (Å²) in [6, 6.07) is 0. The maximum Gasteiger partial charge on any atom is 0.313 e. The number of benzene rings is 1. The van der Waals surface area contributed by atoms with Gasteiger partial charge in [0.05, 0.1) is 151 Å². The van der Waals surface area contributed by atoms with Gasteiger partial charge in [-0.15, -0.1) is 0 Å². The summed E-state index contributed by atoms with van der Waals surface area (Å²) in [5.74, 6) is -12.6. The van der Waals surface area contributed by atoms with Crippen LogP contribution in [0.2, 0.25) is 0 Å². The predicted octanol–water partition coefficient (Wildman–Crippen LogP) is 3.88. The van der Waals surface area contributed by atoms with E-state index in [0.717, 1.165) is 32.1 Å². The summed E-state index contributed by atoms with van der Waals surface area (Å²) in [4.78, 5) is 44.9. The van der Waals surface area contributed by atoms with E-state index in [9.17, 15) is 40.4 Å². The van der Waals surface area contributed by atoms with E-state index in [-0.39, 0.29) is 57.7 Å². The molecule has 29 heteroatoms. The Balaban J connectivity index is 0.985. The van der Waals surface area contributed by atoms with Crippen molar-refractivity contribution in [2.75, 3.05) is 152 Å². The Morgan fingerprint density at radius 3 is 1.56 bits per heavy atom. The zero-order valence-corrected chi connectivity index (χ0v) is 45.3. The van der Waals surface area contributed by atoms with E-state index in [1.54, 1.807) is 6.08 Å². The van der Waals surface area contributed by atoms with Gasteiger partial charge >= 0.3 is 16.1 Å². The van der Waals surface area contributed by atoms with E-state index in [1.165, 1.54) is 5.06 Å². The van der Waals surface area contributed by atoms with Gasteiger partial charge < -0.3 is 63.2 Å². The molecular formula is C49H76F4N6O18S. The van der Waals surface area contributed by atoms with Crippen molar-refractivity contribution in [1.82, 2.24) is 20.2 Å². The molecule has 3 rings (SSSR count). The number of nitrogens with two attached hydrogens (primary N) is 1. The fourth-order valence-electron chi connectivity index (χ4n) is 6.76. The minimum Gasteiger partial charge on any atom is -0.420 e. The van der Waals surface area contributed by atoms with E-state index in [0.29, 0.717) is 148 Å². The van der Waals surface area contributed by atoms with Gasteiger partial charge in [0.15, 0.2) is 16.5 Å². The second-order valence-electron chi connectivity index (χ2n) is 16.7. The molecule has 0 fully saturated rings. The van der Waals surface area contributed by atoms with Crippen LogP contribution < -0.4 is 15.8 Å². The largest absolute Gasteiger partial charge is 0.420 e. The molecule has 1 aliphatic rings. The number of aryl methyl sites for hydroxylation is 1. The van der Waals surface area contributed by atoms with Gasteiger partial charge in [-0.25, -0.2) is 18.8 Å². The molecule has 1 aromatic carbocycles. The molecule has 1 aliphatic heterocycles. The van der Waals surface area contributed by atoms with E-state index in [1.807, 2.05) is 24.7 Å². The van der Waals surface area contributed by atoms with Crippen molar-refractivity contribution in [3.05, 3.63) is 40.7 Å². The smallest absolute Gasteiger partial charge is 0.313 e. The molecule has 0 aliphatic carbocycles. The van der Waals surface area contributed by atoms with Crippen LogP contribution in [0.15, 0.2) is 21.7 Å². The lowest BCUT2D eigenvalue weighted by atomic mass is 10.1. The Hall–Kier alpha value is -4.76. The van der Waals surface area contributed by atoms with Crippen LogP contribution in [0.3, 0.4) is 0 Å². The molecule has 0 bridgehead atoms. The molecule has 0 spiro atoms. The van der Waals surface area contributed by atoms with Crippen molar-refractivity contribution in [3.8, 4) is 5.75 Å². The number of aliphatic imine (C=N–C) groups is 1. The number of nitrogens with one attached hydrogen (secondary N) is 1. The zero-order valence-electron chi connectivity index (χ0n) is 44.5. The Labute approximate surface area is 452 Å². The Bertz CT molecular complexity index is 2210.